The van der Waals surface area contributed by atoms with Crippen molar-refractivity contribution in [3.8, 4) is 11.1 Å². The first-order chi connectivity index (χ1) is 13.6. The third-order valence-electron chi connectivity index (χ3n) is 4.19. The Labute approximate surface area is 169 Å². The molecule has 0 bridgehead atoms. The van der Waals surface area contributed by atoms with Gasteiger partial charge in [0.15, 0.2) is 5.82 Å². The number of aryl methyl sites for hydroxylation is 1. The summed E-state index contributed by atoms with van der Waals surface area (Å²) < 4.78 is 8.54. The normalized spacial score (nSPS) is 11.5. The number of nitrogens with zero attached hydrogens (tertiary/aromatic N) is 4. The van der Waals surface area contributed by atoms with Crippen molar-refractivity contribution in [1.29, 1.82) is 0 Å². The van der Waals surface area contributed by atoms with Crippen LogP contribution in [0.15, 0.2) is 24.5 Å². The molecule has 3 heterocycles. The lowest BCUT2D eigenvalue weighted by Gasteiger charge is -2.19. The zero-order chi connectivity index (χ0) is 21.3. The van der Waals surface area contributed by atoms with Crippen LogP contribution in [0, 0.1) is 13.8 Å². The molecule has 0 fully saturated rings. The molecule has 0 saturated heterocycles. The number of carbonyl (C=O) groups is 2. The van der Waals surface area contributed by atoms with Gasteiger partial charge in [-0.05, 0) is 59.2 Å². The molecule has 0 aliphatic carbocycles. The number of nitrogens with one attached hydrogen (secondary N) is 2. The molecule has 0 atom stereocenters. The summed E-state index contributed by atoms with van der Waals surface area (Å²) in [6, 6.07) is 3.50. The molecule has 2 amide bonds. The molecular weight excluding hydrogens is 372 g/mol. The molecular formula is C20H26N6O3. The van der Waals surface area contributed by atoms with Crippen LogP contribution >= 0.6 is 0 Å². The zero-order valence-electron chi connectivity index (χ0n) is 17.5. The lowest BCUT2D eigenvalue weighted by atomic mass is 10.1. The van der Waals surface area contributed by atoms with Crippen LogP contribution in [0.1, 0.15) is 39.1 Å². The lowest BCUT2D eigenvalue weighted by molar-refractivity contribution is 0.0510. The Morgan fingerprint density at radius 3 is 2.62 bits per heavy atom. The summed E-state index contributed by atoms with van der Waals surface area (Å²) in [6.07, 6.45) is 3.07. The maximum atomic E-state index is 12.5. The van der Waals surface area contributed by atoms with Gasteiger partial charge in [0, 0.05) is 18.3 Å². The van der Waals surface area contributed by atoms with Crippen LogP contribution in [0.3, 0.4) is 0 Å². The Balaban J connectivity index is 1.94. The number of ether oxygens (including phenoxy) is 1. The van der Waals surface area contributed by atoms with E-state index in [2.05, 4.69) is 20.7 Å². The van der Waals surface area contributed by atoms with Crippen LogP contribution in [0.4, 0.5) is 15.4 Å². The van der Waals surface area contributed by atoms with Gasteiger partial charge < -0.3 is 14.5 Å². The molecule has 9 heteroatoms. The summed E-state index contributed by atoms with van der Waals surface area (Å²) >= 11 is 0. The van der Waals surface area contributed by atoms with Crippen molar-refractivity contribution in [2.45, 2.75) is 47.1 Å². The Morgan fingerprint density at radius 2 is 1.97 bits per heavy atom. The third-order valence-corrected chi connectivity index (χ3v) is 4.19. The van der Waals surface area contributed by atoms with Gasteiger partial charge in [-0.2, -0.15) is 9.78 Å². The topological polar surface area (TPSA) is 103 Å². The van der Waals surface area contributed by atoms with Crippen molar-refractivity contribution in [3.05, 3.63) is 35.9 Å². The molecule has 0 aliphatic heterocycles. The minimum Gasteiger partial charge on any atom is -0.442 e. The van der Waals surface area contributed by atoms with Gasteiger partial charge in [-0.15, -0.1) is 0 Å². The Bertz CT molecular complexity index is 1070. The predicted octanol–water partition coefficient (Wildman–Crippen LogP) is 3.74. The van der Waals surface area contributed by atoms with Crippen molar-refractivity contribution in [2.24, 2.45) is 0 Å². The average molecular weight is 398 g/mol. The van der Waals surface area contributed by atoms with E-state index in [0.29, 0.717) is 29.4 Å². The Hall–Kier alpha value is -3.36. The summed E-state index contributed by atoms with van der Waals surface area (Å²) in [4.78, 5) is 28.6. The van der Waals surface area contributed by atoms with Gasteiger partial charge >= 0.3 is 12.1 Å². The van der Waals surface area contributed by atoms with Gasteiger partial charge in [-0.25, -0.2) is 14.6 Å². The number of hydrogen-bond acceptors (Lipinski definition) is 5. The average Bonchev–Trinajstić information content (AvgIpc) is 3.12. The van der Waals surface area contributed by atoms with E-state index < -0.39 is 11.7 Å². The molecule has 9 nitrogen and oxygen atoms in total. The predicted molar refractivity (Wildman–Crippen MR) is 110 cm³/mol. The minimum atomic E-state index is -0.605. The van der Waals surface area contributed by atoms with Crippen LogP contribution in [0.5, 0.6) is 0 Å². The maximum absolute atomic E-state index is 12.5. The number of anilines is 1. The second-order valence-electron chi connectivity index (χ2n) is 7.73. The summed E-state index contributed by atoms with van der Waals surface area (Å²) in [5.41, 5.74) is 3.18. The number of carbonyl (C=O) groups excluding carboxylic acids is 2. The first kappa shape index (κ1) is 20.4. The summed E-state index contributed by atoms with van der Waals surface area (Å²) in [6.45, 7) is 11.5. The van der Waals surface area contributed by atoms with Crippen LogP contribution in [0.2, 0.25) is 0 Å². The number of hydrogen-bond donors (Lipinski definition) is 2. The van der Waals surface area contributed by atoms with E-state index in [9.17, 15) is 9.59 Å². The second kappa shape index (κ2) is 7.57. The molecule has 3 aromatic rings. The minimum absolute atomic E-state index is 0.304. The van der Waals surface area contributed by atoms with Gasteiger partial charge in [-0.1, -0.05) is 0 Å². The summed E-state index contributed by atoms with van der Waals surface area (Å²) in [7, 11) is 0. The SMILES string of the molecule is CCNC(=O)Nc1cn2ccc(-c3c(C)nn(C(=O)OC(C)(C)C)c3C)cc2n1. The second-order valence-corrected chi connectivity index (χ2v) is 7.73. The summed E-state index contributed by atoms with van der Waals surface area (Å²) in [5, 5.41) is 9.73. The van der Waals surface area contributed by atoms with E-state index in [1.165, 1.54) is 4.68 Å². The fraction of sp³-hybridized carbons (Fsp3) is 0.400. The number of amides is 2. The Morgan fingerprint density at radius 1 is 1.24 bits per heavy atom. The molecule has 0 unspecified atom stereocenters. The molecule has 0 aliphatic rings. The number of rotatable bonds is 3. The molecule has 29 heavy (non-hydrogen) atoms. The highest BCUT2D eigenvalue weighted by Crippen LogP contribution is 2.28. The van der Waals surface area contributed by atoms with Crippen molar-refractivity contribution >= 4 is 23.6 Å². The van der Waals surface area contributed by atoms with Crippen molar-refractivity contribution in [1.82, 2.24) is 24.5 Å². The van der Waals surface area contributed by atoms with Crippen LogP contribution < -0.4 is 10.6 Å². The number of imidazole rings is 1. The van der Waals surface area contributed by atoms with E-state index in [1.807, 2.05) is 64.3 Å². The smallest absolute Gasteiger partial charge is 0.435 e. The van der Waals surface area contributed by atoms with Gasteiger partial charge in [0.25, 0.3) is 0 Å². The van der Waals surface area contributed by atoms with Gasteiger partial charge in [0.2, 0.25) is 0 Å². The summed E-state index contributed by atoms with van der Waals surface area (Å²) in [5.74, 6) is 0.450. The maximum Gasteiger partial charge on any atom is 0.435 e. The van der Waals surface area contributed by atoms with E-state index in [4.69, 9.17) is 4.74 Å². The van der Waals surface area contributed by atoms with Gasteiger partial charge in [-0.3, -0.25) is 5.32 Å². The van der Waals surface area contributed by atoms with Crippen LogP contribution in [0.25, 0.3) is 16.8 Å². The van der Waals surface area contributed by atoms with E-state index in [-0.39, 0.29) is 6.03 Å². The number of pyridine rings is 1. The molecule has 0 spiro atoms. The highest BCUT2D eigenvalue weighted by Gasteiger charge is 2.23. The quantitative estimate of drug-likeness (QED) is 0.700. The van der Waals surface area contributed by atoms with E-state index >= 15 is 0 Å². The van der Waals surface area contributed by atoms with Gasteiger partial charge in [0.05, 0.1) is 17.6 Å². The number of urea groups is 1. The number of fused-ring (bicyclic) bond motifs is 1. The monoisotopic (exact) mass is 398 g/mol. The molecule has 0 aromatic carbocycles. The molecule has 0 saturated carbocycles. The van der Waals surface area contributed by atoms with E-state index in [0.717, 1.165) is 11.1 Å². The highest BCUT2D eigenvalue weighted by atomic mass is 16.6. The zero-order valence-corrected chi connectivity index (χ0v) is 17.5. The largest absolute Gasteiger partial charge is 0.442 e. The van der Waals surface area contributed by atoms with Gasteiger partial charge in [0.1, 0.15) is 11.2 Å². The molecule has 0 radical (unpaired) electrons. The fourth-order valence-electron chi connectivity index (χ4n) is 3.06. The Kier molecular flexibility index (Phi) is 5.32. The molecule has 3 aromatic heterocycles. The first-order valence-electron chi connectivity index (χ1n) is 9.42. The first-order valence-corrected chi connectivity index (χ1v) is 9.42. The molecule has 154 valence electrons. The molecule has 3 rings (SSSR count). The molecule has 2 N–H and O–H groups in total. The van der Waals surface area contributed by atoms with Crippen LogP contribution in [-0.2, 0) is 4.74 Å². The van der Waals surface area contributed by atoms with Crippen molar-refractivity contribution < 1.29 is 14.3 Å². The van der Waals surface area contributed by atoms with E-state index in [1.54, 1.807) is 6.20 Å². The highest BCUT2D eigenvalue weighted by molar-refractivity contribution is 5.88. The van der Waals surface area contributed by atoms with Crippen molar-refractivity contribution in [2.75, 3.05) is 11.9 Å². The third kappa shape index (κ3) is 4.39. The number of aromatic nitrogens is 4. The standard InChI is InChI=1S/C20H26N6O3/c1-7-21-18(27)23-15-11-25-9-8-14(10-16(25)22-15)17-12(2)24-26(13(17)3)19(28)29-20(4,5)6/h8-11H,7H2,1-6H3,(H2,21,23,27). The van der Waals surface area contributed by atoms with Crippen LogP contribution in [-0.4, -0.2) is 43.4 Å². The lowest BCUT2D eigenvalue weighted by Crippen LogP contribution is -2.28. The van der Waals surface area contributed by atoms with Crippen molar-refractivity contribution in [3.63, 3.8) is 0 Å². The fourth-order valence-corrected chi connectivity index (χ4v) is 3.06.